The molecule has 0 fully saturated rings. The van der Waals surface area contributed by atoms with Crippen LogP contribution in [0.5, 0.6) is 0 Å². The van der Waals surface area contributed by atoms with Gasteiger partial charge < -0.3 is 0 Å². The van der Waals surface area contributed by atoms with E-state index in [4.69, 9.17) is 11.6 Å². The van der Waals surface area contributed by atoms with Gasteiger partial charge >= 0.3 is 0 Å². The molecule has 0 radical (unpaired) electrons. The Kier molecular flexibility index (Phi) is 3.70. The topological polar surface area (TPSA) is 16.1 Å². The molecule has 0 saturated carbocycles. The Labute approximate surface area is 84.5 Å². The maximum absolute atomic E-state index is 5.69. The molecular weight excluding hydrogens is 184 g/mol. The number of aromatic nitrogens is 1. The Balaban J connectivity index is 2.59. The number of nitrogens with zero attached hydrogens (tertiary/aromatic N) is 2. The van der Waals surface area contributed by atoms with E-state index in [1.807, 2.05) is 18.3 Å². The second kappa shape index (κ2) is 4.58. The maximum Gasteiger partial charge on any atom is 0.129 e. The highest BCUT2D eigenvalue weighted by Gasteiger charge is 2.03. The van der Waals surface area contributed by atoms with Gasteiger partial charge in [-0.05, 0) is 32.5 Å². The SMILES string of the molecule is CC(C)N(C)Cc1ccc(Cl)nc1. The fourth-order valence-electron chi connectivity index (χ4n) is 0.971. The van der Waals surface area contributed by atoms with E-state index in [-0.39, 0.29) is 0 Å². The van der Waals surface area contributed by atoms with Crippen LogP contribution in [0.4, 0.5) is 0 Å². The third-order valence-electron chi connectivity index (χ3n) is 2.10. The van der Waals surface area contributed by atoms with E-state index >= 15 is 0 Å². The predicted octanol–water partition coefficient (Wildman–Crippen LogP) is 2.58. The van der Waals surface area contributed by atoms with Crippen molar-refractivity contribution >= 4 is 11.6 Å². The van der Waals surface area contributed by atoms with Crippen LogP contribution in [0.1, 0.15) is 19.4 Å². The smallest absolute Gasteiger partial charge is 0.129 e. The molecule has 0 atom stereocenters. The van der Waals surface area contributed by atoms with Crippen molar-refractivity contribution in [1.29, 1.82) is 0 Å². The zero-order valence-corrected chi connectivity index (χ0v) is 9.04. The first-order chi connectivity index (χ1) is 6.09. The molecule has 72 valence electrons. The molecule has 0 aliphatic rings. The number of pyridine rings is 1. The van der Waals surface area contributed by atoms with E-state index < -0.39 is 0 Å². The van der Waals surface area contributed by atoms with Crippen molar-refractivity contribution in [2.75, 3.05) is 7.05 Å². The molecule has 13 heavy (non-hydrogen) atoms. The van der Waals surface area contributed by atoms with Crippen molar-refractivity contribution in [2.45, 2.75) is 26.4 Å². The van der Waals surface area contributed by atoms with Gasteiger partial charge in [-0.25, -0.2) is 4.98 Å². The quantitative estimate of drug-likeness (QED) is 0.695. The van der Waals surface area contributed by atoms with Crippen LogP contribution in [0.2, 0.25) is 5.15 Å². The second-order valence-corrected chi connectivity index (χ2v) is 3.89. The molecule has 0 aliphatic carbocycles. The van der Waals surface area contributed by atoms with E-state index in [0.29, 0.717) is 11.2 Å². The van der Waals surface area contributed by atoms with Gasteiger partial charge in [0.15, 0.2) is 0 Å². The number of hydrogen-bond acceptors (Lipinski definition) is 2. The Morgan fingerprint density at radius 1 is 1.46 bits per heavy atom. The first-order valence-corrected chi connectivity index (χ1v) is 4.78. The highest BCUT2D eigenvalue weighted by atomic mass is 35.5. The van der Waals surface area contributed by atoms with Crippen molar-refractivity contribution in [3.8, 4) is 0 Å². The van der Waals surface area contributed by atoms with Crippen molar-refractivity contribution in [3.05, 3.63) is 29.0 Å². The molecule has 1 heterocycles. The van der Waals surface area contributed by atoms with Gasteiger partial charge in [0.2, 0.25) is 0 Å². The first kappa shape index (κ1) is 10.5. The van der Waals surface area contributed by atoms with Gasteiger partial charge in [-0.3, -0.25) is 4.90 Å². The summed E-state index contributed by atoms with van der Waals surface area (Å²) in [5.74, 6) is 0. The van der Waals surface area contributed by atoms with Crippen LogP contribution in [-0.4, -0.2) is 23.0 Å². The second-order valence-electron chi connectivity index (χ2n) is 3.50. The summed E-state index contributed by atoms with van der Waals surface area (Å²) in [6.07, 6.45) is 1.82. The van der Waals surface area contributed by atoms with Crippen LogP contribution in [0.3, 0.4) is 0 Å². The molecule has 2 nitrogen and oxygen atoms in total. The molecular formula is C10H15ClN2. The van der Waals surface area contributed by atoms with Crippen molar-refractivity contribution < 1.29 is 0 Å². The van der Waals surface area contributed by atoms with Crippen LogP contribution < -0.4 is 0 Å². The Morgan fingerprint density at radius 2 is 2.15 bits per heavy atom. The highest BCUT2D eigenvalue weighted by Crippen LogP contribution is 2.08. The molecule has 0 spiro atoms. The summed E-state index contributed by atoms with van der Waals surface area (Å²) < 4.78 is 0. The minimum absolute atomic E-state index is 0.552. The third-order valence-corrected chi connectivity index (χ3v) is 2.33. The summed E-state index contributed by atoms with van der Waals surface area (Å²) in [4.78, 5) is 6.29. The summed E-state index contributed by atoms with van der Waals surface area (Å²) >= 11 is 5.69. The van der Waals surface area contributed by atoms with E-state index in [1.54, 1.807) is 0 Å². The van der Waals surface area contributed by atoms with E-state index in [2.05, 4.69) is 30.8 Å². The summed E-state index contributed by atoms with van der Waals surface area (Å²) in [7, 11) is 2.10. The standard InChI is InChI=1S/C10H15ClN2/c1-8(2)13(3)7-9-4-5-10(11)12-6-9/h4-6,8H,7H2,1-3H3. The molecule has 0 aliphatic heterocycles. The average Bonchev–Trinajstić information content (AvgIpc) is 2.08. The number of hydrogen-bond donors (Lipinski definition) is 0. The summed E-state index contributed by atoms with van der Waals surface area (Å²) in [6.45, 7) is 5.26. The molecule has 0 amide bonds. The van der Waals surface area contributed by atoms with Gasteiger partial charge in [-0.1, -0.05) is 17.7 Å². The minimum Gasteiger partial charge on any atom is -0.300 e. The fourth-order valence-corrected chi connectivity index (χ4v) is 1.08. The van der Waals surface area contributed by atoms with Crippen LogP contribution >= 0.6 is 11.6 Å². The van der Waals surface area contributed by atoms with Gasteiger partial charge in [0, 0.05) is 18.8 Å². The Hall–Kier alpha value is -0.600. The van der Waals surface area contributed by atoms with Crippen LogP contribution in [0.25, 0.3) is 0 Å². The maximum atomic E-state index is 5.69. The van der Waals surface area contributed by atoms with Crippen LogP contribution in [-0.2, 0) is 6.54 Å². The van der Waals surface area contributed by atoms with Gasteiger partial charge in [0.25, 0.3) is 0 Å². The van der Waals surface area contributed by atoms with Gasteiger partial charge in [-0.2, -0.15) is 0 Å². The molecule has 1 rings (SSSR count). The molecule has 0 unspecified atom stereocenters. The van der Waals surface area contributed by atoms with E-state index in [0.717, 1.165) is 6.54 Å². The first-order valence-electron chi connectivity index (χ1n) is 4.40. The molecule has 0 N–H and O–H groups in total. The summed E-state index contributed by atoms with van der Waals surface area (Å²) in [5, 5.41) is 0.552. The van der Waals surface area contributed by atoms with Gasteiger partial charge in [0.1, 0.15) is 5.15 Å². The molecule has 0 saturated heterocycles. The molecule has 0 bridgehead atoms. The van der Waals surface area contributed by atoms with Gasteiger partial charge in [-0.15, -0.1) is 0 Å². The minimum atomic E-state index is 0.552. The predicted molar refractivity (Wildman–Crippen MR) is 55.9 cm³/mol. The zero-order chi connectivity index (χ0) is 9.84. The van der Waals surface area contributed by atoms with E-state index in [1.165, 1.54) is 5.56 Å². The van der Waals surface area contributed by atoms with Crippen LogP contribution in [0.15, 0.2) is 18.3 Å². The summed E-state index contributed by atoms with van der Waals surface area (Å²) in [5.41, 5.74) is 1.20. The Morgan fingerprint density at radius 3 is 2.62 bits per heavy atom. The van der Waals surface area contributed by atoms with Crippen molar-refractivity contribution in [3.63, 3.8) is 0 Å². The molecule has 1 aromatic rings. The molecule has 3 heteroatoms. The number of rotatable bonds is 3. The van der Waals surface area contributed by atoms with Gasteiger partial charge in [0.05, 0.1) is 0 Å². The largest absolute Gasteiger partial charge is 0.300 e. The normalized spacial score (nSPS) is 11.2. The lowest BCUT2D eigenvalue weighted by atomic mass is 10.2. The Bertz CT molecular complexity index is 256. The number of halogens is 1. The average molecular weight is 199 g/mol. The zero-order valence-electron chi connectivity index (χ0n) is 8.29. The summed E-state index contributed by atoms with van der Waals surface area (Å²) in [6, 6.07) is 4.38. The molecule has 1 aromatic heterocycles. The van der Waals surface area contributed by atoms with Crippen LogP contribution in [0, 0.1) is 0 Å². The monoisotopic (exact) mass is 198 g/mol. The van der Waals surface area contributed by atoms with Crippen molar-refractivity contribution in [1.82, 2.24) is 9.88 Å². The van der Waals surface area contributed by atoms with Crippen molar-refractivity contribution in [2.24, 2.45) is 0 Å². The van der Waals surface area contributed by atoms with E-state index in [9.17, 15) is 0 Å². The fraction of sp³-hybridized carbons (Fsp3) is 0.500. The molecule has 0 aromatic carbocycles. The lowest BCUT2D eigenvalue weighted by Crippen LogP contribution is -2.25. The lowest BCUT2D eigenvalue weighted by Gasteiger charge is -2.20. The highest BCUT2D eigenvalue weighted by molar-refractivity contribution is 6.29. The lowest BCUT2D eigenvalue weighted by molar-refractivity contribution is 0.265. The third kappa shape index (κ3) is 3.33.